The summed E-state index contributed by atoms with van der Waals surface area (Å²) in [6, 6.07) is 8.07. The maximum atomic E-state index is 11.9. The first-order valence-corrected chi connectivity index (χ1v) is 7.70. The molecule has 1 aromatic heterocycles. The lowest BCUT2D eigenvalue weighted by Gasteiger charge is -2.12. The van der Waals surface area contributed by atoms with E-state index >= 15 is 0 Å². The number of aliphatic hydroxyl groups excluding tert-OH is 1. The zero-order valence-electron chi connectivity index (χ0n) is 9.86. The SMILES string of the molecule is O=S(=O)(Cc1ccon1)CC(O)c1ccccc1Cl. The lowest BCUT2D eigenvalue weighted by molar-refractivity contribution is 0.201. The maximum Gasteiger partial charge on any atom is 0.159 e. The molecular weight excluding hydrogens is 290 g/mol. The van der Waals surface area contributed by atoms with Gasteiger partial charge in [-0.15, -0.1) is 0 Å². The fraction of sp³-hybridized carbons (Fsp3) is 0.250. The van der Waals surface area contributed by atoms with Crippen LogP contribution in [0.3, 0.4) is 0 Å². The van der Waals surface area contributed by atoms with Crippen LogP contribution in [0.2, 0.25) is 5.02 Å². The molecule has 1 N–H and O–H groups in total. The molecule has 1 aromatic carbocycles. The Kier molecular flexibility index (Phi) is 4.24. The lowest BCUT2D eigenvalue weighted by atomic mass is 10.1. The molecule has 0 bridgehead atoms. The van der Waals surface area contributed by atoms with Gasteiger partial charge in [0.1, 0.15) is 6.26 Å². The predicted molar refractivity (Wildman–Crippen MR) is 70.4 cm³/mol. The van der Waals surface area contributed by atoms with Crippen molar-refractivity contribution in [3.63, 3.8) is 0 Å². The number of rotatable bonds is 5. The Hall–Kier alpha value is -1.37. The number of sulfone groups is 1. The largest absolute Gasteiger partial charge is 0.387 e. The minimum Gasteiger partial charge on any atom is -0.387 e. The summed E-state index contributed by atoms with van der Waals surface area (Å²) in [7, 11) is -3.50. The summed E-state index contributed by atoms with van der Waals surface area (Å²) >= 11 is 5.91. The second-order valence-corrected chi connectivity index (χ2v) is 6.60. The number of hydrogen-bond acceptors (Lipinski definition) is 5. The highest BCUT2D eigenvalue weighted by Gasteiger charge is 2.21. The standard InChI is InChI=1S/C12H12ClNO4S/c13-11-4-2-1-3-10(11)12(15)8-19(16,17)7-9-5-6-18-14-9/h1-6,12,15H,7-8H2. The first kappa shape index (κ1) is 14.0. The first-order valence-electron chi connectivity index (χ1n) is 5.50. The summed E-state index contributed by atoms with van der Waals surface area (Å²) < 4.78 is 28.4. The molecule has 0 aliphatic carbocycles. The van der Waals surface area contributed by atoms with E-state index in [1.54, 1.807) is 24.3 Å². The Morgan fingerprint density at radius 1 is 1.32 bits per heavy atom. The number of aromatic nitrogens is 1. The topological polar surface area (TPSA) is 80.4 Å². The van der Waals surface area contributed by atoms with E-state index in [9.17, 15) is 13.5 Å². The van der Waals surface area contributed by atoms with E-state index in [2.05, 4.69) is 9.68 Å². The van der Waals surface area contributed by atoms with Crippen LogP contribution in [-0.4, -0.2) is 24.4 Å². The van der Waals surface area contributed by atoms with Gasteiger partial charge in [-0.3, -0.25) is 0 Å². The van der Waals surface area contributed by atoms with Gasteiger partial charge in [-0.25, -0.2) is 8.42 Å². The van der Waals surface area contributed by atoms with E-state index in [1.807, 2.05) is 0 Å². The predicted octanol–water partition coefficient (Wildman–Crippen LogP) is 1.98. The molecule has 2 aromatic rings. The van der Waals surface area contributed by atoms with Crippen molar-refractivity contribution in [2.75, 3.05) is 5.75 Å². The molecule has 5 nitrogen and oxygen atoms in total. The zero-order chi connectivity index (χ0) is 13.9. The van der Waals surface area contributed by atoms with Gasteiger partial charge in [-0.05, 0) is 6.07 Å². The number of benzene rings is 1. The van der Waals surface area contributed by atoms with Crippen molar-refractivity contribution < 1.29 is 18.0 Å². The normalized spacial score (nSPS) is 13.4. The van der Waals surface area contributed by atoms with E-state index in [4.69, 9.17) is 11.6 Å². The van der Waals surface area contributed by atoms with E-state index in [0.717, 1.165) is 0 Å². The van der Waals surface area contributed by atoms with Gasteiger partial charge in [-0.2, -0.15) is 0 Å². The van der Waals surface area contributed by atoms with Crippen LogP contribution < -0.4 is 0 Å². The van der Waals surface area contributed by atoms with E-state index in [0.29, 0.717) is 16.3 Å². The Bertz CT molecular complexity index is 640. The van der Waals surface area contributed by atoms with Gasteiger partial charge < -0.3 is 9.63 Å². The second kappa shape index (κ2) is 5.73. The summed E-state index contributed by atoms with van der Waals surface area (Å²) in [5.41, 5.74) is 0.708. The lowest BCUT2D eigenvalue weighted by Crippen LogP contribution is -2.16. The van der Waals surface area contributed by atoms with Crippen LogP contribution in [0, 0.1) is 0 Å². The Morgan fingerprint density at radius 2 is 2.05 bits per heavy atom. The summed E-state index contributed by atoms with van der Waals surface area (Å²) in [5.74, 6) is -0.686. The maximum absolute atomic E-state index is 11.9. The zero-order valence-corrected chi connectivity index (χ0v) is 11.4. The molecule has 0 spiro atoms. The van der Waals surface area contributed by atoms with Crippen LogP contribution in [0.1, 0.15) is 17.4 Å². The van der Waals surface area contributed by atoms with Crippen molar-refractivity contribution in [3.8, 4) is 0 Å². The number of aliphatic hydroxyl groups is 1. The van der Waals surface area contributed by atoms with Crippen LogP contribution in [0.4, 0.5) is 0 Å². The van der Waals surface area contributed by atoms with E-state index in [-0.39, 0.29) is 5.75 Å². The van der Waals surface area contributed by atoms with Gasteiger partial charge >= 0.3 is 0 Å². The average Bonchev–Trinajstić information content (AvgIpc) is 2.80. The third-order valence-electron chi connectivity index (χ3n) is 2.54. The molecular formula is C12H12ClNO4S. The smallest absolute Gasteiger partial charge is 0.159 e. The number of halogens is 1. The van der Waals surface area contributed by atoms with Crippen molar-refractivity contribution in [2.24, 2.45) is 0 Å². The van der Waals surface area contributed by atoms with Crippen molar-refractivity contribution >= 4 is 21.4 Å². The highest BCUT2D eigenvalue weighted by molar-refractivity contribution is 7.90. The number of hydrogen-bond donors (Lipinski definition) is 1. The molecule has 0 aliphatic heterocycles. The van der Waals surface area contributed by atoms with Crippen molar-refractivity contribution in [1.29, 1.82) is 0 Å². The third-order valence-corrected chi connectivity index (χ3v) is 4.44. The summed E-state index contributed by atoms with van der Waals surface area (Å²) in [4.78, 5) is 0. The van der Waals surface area contributed by atoms with E-state index in [1.165, 1.54) is 12.3 Å². The van der Waals surface area contributed by atoms with Crippen molar-refractivity contribution in [1.82, 2.24) is 5.16 Å². The fourth-order valence-corrected chi connectivity index (χ4v) is 3.31. The molecule has 1 atom stereocenters. The van der Waals surface area contributed by atoms with Crippen LogP contribution >= 0.6 is 11.6 Å². The Balaban J connectivity index is 2.10. The molecule has 2 rings (SSSR count). The van der Waals surface area contributed by atoms with Crippen LogP contribution in [0.15, 0.2) is 41.1 Å². The molecule has 102 valence electrons. The minimum atomic E-state index is -3.50. The Morgan fingerprint density at radius 3 is 2.68 bits per heavy atom. The molecule has 7 heteroatoms. The molecule has 19 heavy (non-hydrogen) atoms. The van der Waals surface area contributed by atoms with Gasteiger partial charge in [0.25, 0.3) is 0 Å². The highest BCUT2D eigenvalue weighted by atomic mass is 35.5. The summed E-state index contributed by atoms with van der Waals surface area (Å²) in [5, 5.41) is 13.8. The van der Waals surface area contributed by atoms with Crippen LogP contribution in [0.25, 0.3) is 0 Å². The van der Waals surface area contributed by atoms with Crippen molar-refractivity contribution in [3.05, 3.63) is 52.9 Å². The Labute approximate surface area is 115 Å². The van der Waals surface area contributed by atoms with Gasteiger partial charge in [0, 0.05) is 16.7 Å². The van der Waals surface area contributed by atoms with Gasteiger partial charge in [0.2, 0.25) is 0 Å². The fourth-order valence-electron chi connectivity index (χ4n) is 1.67. The molecule has 0 fully saturated rings. The van der Waals surface area contributed by atoms with Crippen LogP contribution in [0.5, 0.6) is 0 Å². The second-order valence-electron chi connectivity index (χ2n) is 4.08. The average molecular weight is 302 g/mol. The van der Waals surface area contributed by atoms with Crippen LogP contribution in [-0.2, 0) is 15.6 Å². The molecule has 1 heterocycles. The van der Waals surface area contributed by atoms with Gasteiger partial charge in [0.15, 0.2) is 9.84 Å². The van der Waals surface area contributed by atoms with Gasteiger partial charge in [-0.1, -0.05) is 35.0 Å². The molecule has 1 unspecified atom stereocenters. The van der Waals surface area contributed by atoms with Crippen molar-refractivity contribution in [2.45, 2.75) is 11.9 Å². The first-order chi connectivity index (χ1) is 8.98. The summed E-state index contributed by atoms with van der Waals surface area (Å²) in [6.07, 6.45) is 0.139. The molecule has 0 amide bonds. The monoisotopic (exact) mass is 301 g/mol. The molecule has 0 saturated carbocycles. The van der Waals surface area contributed by atoms with Gasteiger partial charge in [0.05, 0.1) is 23.3 Å². The minimum absolute atomic E-state index is 0.273. The molecule has 0 saturated heterocycles. The highest BCUT2D eigenvalue weighted by Crippen LogP contribution is 2.24. The number of nitrogens with zero attached hydrogens (tertiary/aromatic N) is 1. The quantitative estimate of drug-likeness (QED) is 0.913. The third kappa shape index (κ3) is 3.79. The summed E-state index contributed by atoms with van der Waals surface area (Å²) in [6.45, 7) is 0. The molecule has 0 aliphatic rings. The molecule has 0 radical (unpaired) electrons. The van der Waals surface area contributed by atoms with E-state index < -0.39 is 21.7 Å².